The van der Waals surface area contributed by atoms with Gasteiger partial charge in [-0.15, -0.1) is 24.0 Å². The summed E-state index contributed by atoms with van der Waals surface area (Å²) in [4.78, 5) is 4.64. The molecular weight excluding hydrogens is 463 g/mol. The van der Waals surface area contributed by atoms with Gasteiger partial charge in [-0.1, -0.05) is 31.5 Å². The Morgan fingerprint density at radius 1 is 1.23 bits per heavy atom. The molecule has 0 aromatic heterocycles. The van der Waals surface area contributed by atoms with Gasteiger partial charge >= 0.3 is 0 Å². The zero-order valence-electron chi connectivity index (χ0n) is 15.4. The standard InChI is InChI=1S/C18H28N4O2S.HI/c1-14-12-16(14)21-18(19-2)20-13-15-8-4-5-9-17(15)25(23,24)22-10-6-3-7-11-22;/h4-5,8-9,14,16H,3,6-7,10-13H2,1-2H3,(H2,19,20,21);1H. The summed E-state index contributed by atoms with van der Waals surface area (Å²) in [7, 11) is -1.70. The predicted octanol–water partition coefficient (Wildman–Crippen LogP) is 2.55. The lowest BCUT2D eigenvalue weighted by Crippen LogP contribution is -2.39. The van der Waals surface area contributed by atoms with Gasteiger partial charge in [-0.2, -0.15) is 4.31 Å². The summed E-state index contributed by atoms with van der Waals surface area (Å²) in [6.45, 7) is 3.87. The highest BCUT2D eigenvalue weighted by Gasteiger charge is 2.33. The molecule has 146 valence electrons. The fourth-order valence-corrected chi connectivity index (χ4v) is 4.96. The molecule has 1 aliphatic carbocycles. The Morgan fingerprint density at radius 3 is 2.50 bits per heavy atom. The largest absolute Gasteiger partial charge is 0.353 e. The van der Waals surface area contributed by atoms with Gasteiger partial charge in [0.15, 0.2) is 5.96 Å². The highest BCUT2D eigenvalue weighted by atomic mass is 127. The number of nitrogens with zero attached hydrogens (tertiary/aromatic N) is 2. The maximum Gasteiger partial charge on any atom is 0.243 e. The normalized spacial score (nSPS) is 23.8. The molecule has 1 saturated carbocycles. The predicted molar refractivity (Wildman–Crippen MR) is 115 cm³/mol. The quantitative estimate of drug-likeness (QED) is 0.377. The van der Waals surface area contributed by atoms with Crippen molar-refractivity contribution in [3.63, 3.8) is 0 Å². The van der Waals surface area contributed by atoms with Crippen LogP contribution in [0, 0.1) is 5.92 Å². The van der Waals surface area contributed by atoms with E-state index in [0.29, 0.717) is 36.5 Å². The molecule has 0 radical (unpaired) electrons. The lowest BCUT2D eigenvalue weighted by Gasteiger charge is -2.27. The van der Waals surface area contributed by atoms with Gasteiger partial charge in [-0.05, 0) is 36.8 Å². The van der Waals surface area contributed by atoms with Crippen LogP contribution >= 0.6 is 24.0 Å². The molecule has 3 rings (SSSR count). The van der Waals surface area contributed by atoms with Crippen LogP contribution in [0.4, 0.5) is 0 Å². The van der Waals surface area contributed by atoms with Gasteiger partial charge in [-0.25, -0.2) is 8.42 Å². The summed E-state index contributed by atoms with van der Waals surface area (Å²) >= 11 is 0. The minimum atomic E-state index is -3.43. The number of guanidine groups is 1. The first kappa shape index (κ1) is 21.4. The highest BCUT2D eigenvalue weighted by Crippen LogP contribution is 2.28. The molecule has 1 aromatic carbocycles. The van der Waals surface area contributed by atoms with E-state index in [2.05, 4.69) is 22.5 Å². The number of hydrogen-bond donors (Lipinski definition) is 2. The Hall–Kier alpha value is -0.870. The topological polar surface area (TPSA) is 73.8 Å². The van der Waals surface area contributed by atoms with Crippen molar-refractivity contribution in [2.24, 2.45) is 10.9 Å². The number of halogens is 1. The number of aliphatic imine (C=N–C) groups is 1. The van der Waals surface area contributed by atoms with Crippen LogP contribution in [0.15, 0.2) is 34.2 Å². The summed E-state index contributed by atoms with van der Waals surface area (Å²) in [5.41, 5.74) is 0.778. The molecule has 2 fully saturated rings. The first-order valence-electron chi connectivity index (χ1n) is 9.07. The van der Waals surface area contributed by atoms with Crippen LogP contribution in [-0.4, -0.2) is 44.9 Å². The van der Waals surface area contributed by atoms with Crippen molar-refractivity contribution in [1.29, 1.82) is 0 Å². The Balaban J connectivity index is 0.00000243. The lowest BCUT2D eigenvalue weighted by atomic mass is 10.2. The SMILES string of the molecule is CN=C(NCc1ccccc1S(=O)(=O)N1CCCCC1)NC1CC1C.I. The molecule has 2 unspecified atom stereocenters. The van der Waals surface area contributed by atoms with E-state index in [0.717, 1.165) is 37.2 Å². The van der Waals surface area contributed by atoms with Gasteiger partial charge in [0.05, 0.1) is 4.90 Å². The Morgan fingerprint density at radius 2 is 1.88 bits per heavy atom. The molecule has 1 saturated heterocycles. The molecule has 2 atom stereocenters. The molecule has 0 bridgehead atoms. The number of piperidine rings is 1. The number of nitrogens with one attached hydrogen (secondary N) is 2. The highest BCUT2D eigenvalue weighted by molar-refractivity contribution is 14.0. The van der Waals surface area contributed by atoms with Gasteiger partial charge in [-0.3, -0.25) is 4.99 Å². The van der Waals surface area contributed by atoms with E-state index in [1.165, 1.54) is 0 Å². The van der Waals surface area contributed by atoms with Crippen molar-refractivity contribution in [2.45, 2.75) is 50.1 Å². The number of sulfonamides is 1. The molecule has 0 spiro atoms. The minimum absolute atomic E-state index is 0. The van der Waals surface area contributed by atoms with Crippen molar-refractivity contribution >= 4 is 40.0 Å². The number of rotatable bonds is 5. The van der Waals surface area contributed by atoms with E-state index in [9.17, 15) is 8.42 Å². The van der Waals surface area contributed by atoms with Crippen LogP contribution in [0.3, 0.4) is 0 Å². The average Bonchev–Trinajstić information content (AvgIpc) is 3.34. The molecule has 1 aliphatic heterocycles. The smallest absolute Gasteiger partial charge is 0.243 e. The zero-order chi connectivity index (χ0) is 17.9. The van der Waals surface area contributed by atoms with Crippen molar-refractivity contribution in [3.8, 4) is 0 Å². The van der Waals surface area contributed by atoms with E-state index in [-0.39, 0.29) is 24.0 Å². The van der Waals surface area contributed by atoms with Crippen LogP contribution in [0.5, 0.6) is 0 Å². The van der Waals surface area contributed by atoms with Crippen molar-refractivity contribution in [2.75, 3.05) is 20.1 Å². The number of hydrogen-bond acceptors (Lipinski definition) is 3. The van der Waals surface area contributed by atoms with E-state index >= 15 is 0 Å². The first-order valence-corrected chi connectivity index (χ1v) is 10.5. The Bertz CT molecular complexity index is 732. The van der Waals surface area contributed by atoms with Crippen LogP contribution < -0.4 is 10.6 Å². The summed E-state index contributed by atoms with van der Waals surface area (Å²) in [6, 6.07) is 7.72. The molecule has 2 aliphatic rings. The minimum Gasteiger partial charge on any atom is -0.353 e. The van der Waals surface area contributed by atoms with E-state index in [1.807, 2.05) is 12.1 Å². The molecule has 2 N–H and O–H groups in total. The summed E-state index contributed by atoms with van der Waals surface area (Å²) in [6.07, 6.45) is 4.14. The van der Waals surface area contributed by atoms with Crippen LogP contribution in [-0.2, 0) is 16.6 Å². The molecule has 6 nitrogen and oxygen atoms in total. The third-order valence-electron chi connectivity index (χ3n) is 5.01. The Kier molecular flexibility index (Phi) is 7.72. The molecule has 26 heavy (non-hydrogen) atoms. The molecule has 1 heterocycles. The van der Waals surface area contributed by atoms with Crippen LogP contribution in [0.2, 0.25) is 0 Å². The lowest BCUT2D eigenvalue weighted by molar-refractivity contribution is 0.346. The maximum atomic E-state index is 13.0. The van der Waals surface area contributed by atoms with Gasteiger partial charge in [0.25, 0.3) is 0 Å². The third kappa shape index (κ3) is 5.10. The summed E-state index contributed by atoms with van der Waals surface area (Å²) in [5, 5.41) is 6.61. The second-order valence-corrected chi connectivity index (χ2v) is 8.87. The van der Waals surface area contributed by atoms with Gasteiger partial charge in [0, 0.05) is 32.7 Å². The van der Waals surface area contributed by atoms with Gasteiger partial charge in [0.2, 0.25) is 10.0 Å². The summed E-state index contributed by atoms with van der Waals surface area (Å²) < 4.78 is 27.6. The van der Waals surface area contributed by atoms with Crippen molar-refractivity contribution in [3.05, 3.63) is 29.8 Å². The zero-order valence-corrected chi connectivity index (χ0v) is 18.6. The fraction of sp³-hybridized carbons (Fsp3) is 0.611. The van der Waals surface area contributed by atoms with Gasteiger partial charge in [0.1, 0.15) is 0 Å². The molecular formula is C18H29IN4O2S. The van der Waals surface area contributed by atoms with Crippen LogP contribution in [0.25, 0.3) is 0 Å². The second kappa shape index (κ2) is 9.36. The van der Waals surface area contributed by atoms with E-state index in [1.54, 1.807) is 23.5 Å². The van der Waals surface area contributed by atoms with Crippen molar-refractivity contribution in [1.82, 2.24) is 14.9 Å². The maximum absolute atomic E-state index is 13.0. The number of benzene rings is 1. The van der Waals surface area contributed by atoms with Gasteiger partial charge < -0.3 is 10.6 Å². The summed E-state index contributed by atoms with van der Waals surface area (Å²) in [5.74, 6) is 1.39. The molecule has 8 heteroatoms. The third-order valence-corrected chi connectivity index (χ3v) is 7.01. The molecule has 1 aromatic rings. The van der Waals surface area contributed by atoms with Crippen LogP contribution in [0.1, 0.15) is 38.2 Å². The fourth-order valence-electron chi connectivity index (χ4n) is 3.22. The van der Waals surface area contributed by atoms with E-state index in [4.69, 9.17) is 0 Å². The van der Waals surface area contributed by atoms with Crippen molar-refractivity contribution < 1.29 is 8.42 Å². The first-order chi connectivity index (χ1) is 12.0. The van der Waals surface area contributed by atoms with E-state index < -0.39 is 10.0 Å². The Labute approximate surface area is 173 Å². The second-order valence-electron chi connectivity index (χ2n) is 6.96. The average molecular weight is 492 g/mol. The monoisotopic (exact) mass is 492 g/mol. The molecule has 0 amide bonds.